The Balaban J connectivity index is 1.99. The molecule has 1 aromatic heterocycles. The van der Waals surface area contributed by atoms with Crippen LogP contribution in [0.5, 0.6) is 0 Å². The Morgan fingerprint density at radius 3 is 2.61 bits per heavy atom. The van der Waals surface area contributed by atoms with Crippen molar-refractivity contribution in [3.8, 4) is 0 Å². The number of unbranched alkanes of at least 4 members (excludes halogenated alkanes) is 1. The van der Waals surface area contributed by atoms with Crippen molar-refractivity contribution in [1.29, 1.82) is 0 Å². The monoisotopic (exact) mass is 449 g/mol. The summed E-state index contributed by atoms with van der Waals surface area (Å²) < 4.78 is 26.8. The standard InChI is InChI=1S/C20H27N5O5S/c1-5-6-9-24-17(21)16(18(26)22-20(24)28)23(3)19(27)13-7-8-15-14(11-13)10-12(2)25(15)31(4,29)30/h7-8,11-12H,5-6,9-10,21H2,1-4H3,(H,22,26,28). The summed E-state index contributed by atoms with van der Waals surface area (Å²) in [6.45, 7) is 4.09. The van der Waals surface area contributed by atoms with Crippen molar-refractivity contribution in [2.75, 3.05) is 28.2 Å². The molecule has 1 aliphatic rings. The fraction of sp³-hybridized carbons (Fsp3) is 0.450. The molecule has 1 aliphatic heterocycles. The SMILES string of the molecule is CCCCn1c(N)c(N(C)C(=O)c2ccc3c(c2)CC(C)N3S(C)(=O)=O)c(=O)[nH]c1=O. The number of rotatable bonds is 6. The zero-order valence-corrected chi connectivity index (χ0v) is 18.8. The van der Waals surface area contributed by atoms with Crippen LogP contribution < -0.4 is 26.2 Å². The van der Waals surface area contributed by atoms with Crippen LogP contribution in [-0.2, 0) is 23.0 Å². The normalized spacial score (nSPS) is 15.7. The Kier molecular flexibility index (Phi) is 5.99. The third-order valence-corrected chi connectivity index (χ3v) is 6.70. The van der Waals surface area contributed by atoms with Crippen LogP contribution in [0.1, 0.15) is 42.6 Å². The number of H-pyrrole nitrogens is 1. The van der Waals surface area contributed by atoms with Crippen LogP contribution >= 0.6 is 0 Å². The van der Waals surface area contributed by atoms with Gasteiger partial charge in [-0.1, -0.05) is 13.3 Å². The number of anilines is 3. The molecule has 1 amide bonds. The van der Waals surface area contributed by atoms with Crippen molar-refractivity contribution >= 4 is 33.1 Å². The number of nitrogens with one attached hydrogen (secondary N) is 1. The molecule has 0 radical (unpaired) electrons. The molecule has 10 nitrogen and oxygen atoms in total. The van der Waals surface area contributed by atoms with Crippen molar-refractivity contribution < 1.29 is 13.2 Å². The summed E-state index contributed by atoms with van der Waals surface area (Å²) in [5.41, 5.74) is 6.18. The summed E-state index contributed by atoms with van der Waals surface area (Å²) in [4.78, 5) is 41.0. The van der Waals surface area contributed by atoms with E-state index in [1.807, 2.05) is 6.92 Å². The van der Waals surface area contributed by atoms with Gasteiger partial charge in [-0.15, -0.1) is 0 Å². The Bertz CT molecular complexity index is 1250. The summed E-state index contributed by atoms with van der Waals surface area (Å²) >= 11 is 0. The number of hydrogen-bond acceptors (Lipinski definition) is 6. The maximum Gasteiger partial charge on any atom is 0.330 e. The molecule has 3 rings (SSSR count). The van der Waals surface area contributed by atoms with Gasteiger partial charge in [-0.25, -0.2) is 13.2 Å². The van der Waals surface area contributed by atoms with E-state index in [1.165, 1.54) is 22.0 Å². The lowest BCUT2D eigenvalue weighted by atomic mass is 10.1. The van der Waals surface area contributed by atoms with Gasteiger partial charge in [0.2, 0.25) is 10.0 Å². The van der Waals surface area contributed by atoms with Crippen molar-refractivity contribution in [3.63, 3.8) is 0 Å². The Morgan fingerprint density at radius 1 is 1.32 bits per heavy atom. The summed E-state index contributed by atoms with van der Waals surface area (Å²) in [5, 5.41) is 0. The van der Waals surface area contributed by atoms with E-state index in [4.69, 9.17) is 5.73 Å². The van der Waals surface area contributed by atoms with Crippen LogP contribution in [0.4, 0.5) is 17.2 Å². The molecule has 1 aromatic carbocycles. The maximum atomic E-state index is 13.1. The zero-order valence-electron chi connectivity index (χ0n) is 18.0. The number of aromatic amines is 1. The molecule has 168 valence electrons. The summed E-state index contributed by atoms with van der Waals surface area (Å²) in [6, 6.07) is 4.49. The topological polar surface area (TPSA) is 139 Å². The highest BCUT2D eigenvalue weighted by Crippen LogP contribution is 2.35. The number of fused-ring (bicyclic) bond motifs is 1. The Hall–Kier alpha value is -3.08. The molecule has 11 heteroatoms. The highest BCUT2D eigenvalue weighted by Gasteiger charge is 2.33. The number of benzene rings is 1. The number of sulfonamides is 1. The first-order valence-corrected chi connectivity index (χ1v) is 11.8. The van der Waals surface area contributed by atoms with Crippen LogP contribution in [0.3, 0.4) is 0 Å². The van der Waals surface area contributed by atoms with E-state index in [-0.39, 0.29) is 23.1 Å². The molecular formula is C20H27N5O5S. The van der Waals surface area contributed by atoms with E-state index in [9.17, 15) is 22.8 Å². The molecule has 1 atom stereocenters. The van der Waals surface area contributed by atoms with Crippen LogP contribution in [0, 0.1) is 0 Å². The van der Waals surface area contributed by atoms with Gasteiger partial charge in [0, 0.05) is 25.2 Å². The molecule has 0 fully saturated rings. The number of nitrogens with two attached hydrogens (primary N) is 1. The van der Waals surface area contributed by atoms with E-state index >= 15 is 0 Å². The van der Waals surface area contributed by atoms with E-state index in [0.29, 0.717) is 25.1 Å². The lowest BCUT2D eigenvalue weighted by Gasteiger charge is -2.22. The Morgan fingerprint density at radius 2 is 2.00 bits per heavy atom. The van der Waals surface area contributed by atoms with Crippen LogP contribution in [0.15, 0.2) is 27.8 Å². The minimum atomic E-state index is -3.44. The van der Waals surface area contributed by atoms with Gasteiger partial charge in [0.15, 0.2) is 5.69 Å². The van der Waals surface area contributed by atoms with E-state index in [0.717, 1.165) is 23.1 Å². The van der Waals surface area contributed by atoms with Crippen molar-refractivity contribution in [2.45, 2.75) is 45.7 Å². The van der Waals surface area contributed by atoms with Gasteiger partial charge >= 0.3 is 5.69 Å². The Labute approximate surface area is 180 Å². The summed E-state index contributed by atoms with van der Waals surface area (Å²) in [6.07, 6.45) is 3.13. The van der Waals surface area contributed by atoms with Gasteiger partial charge in [0.25, 0.3) is 11.5 Å². The second-order valence-electron chi connectivity index (χ2n) is 7.82. The number of aromatic nitrogens is 2. The third kappa shape index (κ3) is 4.09. The lowest BCUT2D eigenvalue weighted by Crippen LogP contribution is -2.39. The van der Waals surface area contributed by atoms with E-state index in [2.05, 4.69) is 4.98 Å². The average Bonchev–Trinajstić information content (AvgIpc) is 3.01. The molecular weight excluding hydrogens is 422 g/mol. The number of carbonyl (C=O) groups excluding carboxylic acids is 1. The van der Waals surface area contributed by atoms with E-state index < -0.39 is 27.2 Å². The molecule has 1 unspecified atom stereocenters. The maximum absolute atomic E-state index is 13.1. The first kappa shape index (κ1) is 22.6. The molecule has 0 saturated carbocycles. The molecule has 3 N–H and O–H groups in total. The number of hydrogen-bond donors (Lipinski definition) is 2. The second kappa shape index (κ2) is 8.22. The number of nitrogens with zero attached hydrogens (tertiary/aromatic N) is 3. The van der Waals surface area contributed by atoms with Gasteiger partial charge in [0.05, 0.1) is 11.9 Å². The molecule has 0 saturated heterocycles. The average molecular weight is 450 g/mol. The zero-order chi connectivity index (χ0) is 23.1. The van der Waals surface area contributed by atoms with Crippen molar-refractivity contribution in [1.82, 2.24) is 9.55 Å². The van der Waals surface area contributed by atoms with E-state index in [1.54, 1.807) is 19.1 Å². The van der Waals surface area contributed by atoms with Gasteiger partial charge < -0.3 is 10.6 Å². The predicted octanol–water partition coefficient (Wildman–Crippen LogP) is 0.906. The highest BCUT2D eigenvalue weighted by molar-refractivity contribution is 7.92. The first-order valence-electron chi connectivity index (χ1n) is 10.00. The molecule has 31 heavy (non-hydrogen) atoms. The second-order valence-corrected chi connectivity index (χ2v) is 9.68. The molecule has 0 bridgehead atoms. The number of carbonyl (C=O) groups is 1. The largest absolute Gasteiger partial charge is 0.383 e. The fourth-order valence-corrected chi connectivity index (χ4v) is 5.24. The van der Waals surface area contributed by atoms with Crippen molar-refractivity contribution in [3.05, 3.63) is 50.2 Å². The third-order valence-electron chi connectivity index (χ3n) is 5.43. The minimum absolute atomic E-state index is 0.0731. The van der Waals surface area contributed by atoms with Crippen LogP contribution in [-0.4, -0.2) is 43.2 Å². The lowest BCUT2D eigenvalue weighted by molar-refractivity contribution is 0.0992. The first-order chi connectivity index (χ1) is 14.5. The molecule has 0 spiro atoms. The van der Waals surface area contributed by atoms with Crippen LogP contribution in [0.25, 0.3) is 0 Å². The molecule has 2 aromatic rings. The summed E-state index contributed by atoms with van der Waals surface area (Å²) in [5.74, 6) is -0.567. The fourth-order valence-electron chi connectivity index (χ4n) is 3.98. The highest BCUT2D eigenvalue weighted by atomic mass is 32.2. The van der Waals surface area contributed by atoms with Crippen LogP contribution in [0.2, 0.25) is 0 Å². The number of nitrogen functional groups attached to an aromatic ring is 1. The van der Waals surface area contributed by atoms with Crippen molar-refractivity contribution in [2.24, 2.45) is 0 Å². The summed E-state index contributed by atoms with van der Waals surface area (Å²) in [7, 11) is -2.03. The van der Waals surface area contributed by atoms with Gasteiger partial charge in [-0.3, -0.25) is 23.4 Å². The van der Waals surface area contributed by atoms with Gasteiger partial charge in [0.1, 0.15) is 5.82 Å². The number of amides is 1. The smallest absolute Gasteiger partial charge is 0.330 e. The van der Waals surface area contributed by atoms with Gasteiger partial charge in [-0.2, -0.15) is 0 Å². The quantitative estimate of drug-likeness (QED) is 0.672. The predicted molar refractivity (Wildman–Crippen MR) is 120 cm³/mol. The minimum Gasteiger partial charge on any atom is -0.383 e. The van der Waals surface area contributed by atoms with Gasteiger partial charge in [-0.05, 0) is 43.5 Å². The molecule has 0 aliphatic carbocycles. The molecule has 2 heterocycles.